The lowest BCUT2D eigenvalue weighted by molar-refractivity contribution is -0.118. The van der Waals surface area contributed by atoms with E-state index in [9.17, 15) is 40.8 Å². The number of esters is 1. The summed E-state index contributed by atoms with van der Waals surface area (Å²) in [5.41, 5.74) is -0.0930. The van der Waals surface area contributed by atoms with Crippen LogP contribution in [0, 0.1) is 0 Å². The van der Waals surface area contributed by atoms with Crippen molar-refractivity contribution in [3.63, 3.8) is 0 Å². The second kappa shape index (κ2) is 14.5. The number of carbonyl (C=O) groups excluding carboxylic acids is 5. The Labute approximate surface area is 306 Å². The number of fused-ring (bicyclic) bond motifs is 2. The number of halogens is 1. The number of amidine groups is 1. The van der Waals surface area contributed by atoms with E-state index in [1.54, 1.807) is 22.9 Å². The number of nitrogens with zero attached hydrogens (tertiary/aromatic N) is 5. The van der Waals surface area contributed by atoms with Crippen LogP contribution < -0.4 is 10.0 Å². The molecule has 6 rings (SSSR count). The fourth-order valence-electron chi connectivity index (χ4n) is 5.44. The first-order chi connectivity index (χ1) is 25.2. The number of ether oxygens (including phenoxy) is 1. The Morgan fingerprint density at radius 3 is 2.21 bits per heavy atom. The molecule has 1 atom stereocenters. The SMILES string of the molecule is CC(=O)NS(=O)(=O)c1ccc(NC(=O)C(C2=Nc3nccnc3S(=O)(=O)N2CCCOC(=O)c2ccccc2)N2C(=O)c3ccccc3C2=O)c(Cl)c1. The lowest BCUT2D eigenvalue weighted by Crippen LogP contribution is -2.58. The molecule has 3 heterocycles. The molecule has 2 aliphatic rings. The molecule has 1 aromatic heterocycles. The predicted octanol–water partition coefficient (Wildman–Crippen LogP) is 2.54. The van der Waals surface area contributed by atoms with Crippen molar-refractivity contribution in [3.05, 3.63) is 107 Å². The number of aliphatic imine (C=N–C) groups is 1. The second-order valence-electron chi connectivity index (χ2n) is 11.3. The minimum atomic E-state index is -4.68. The summed E-state index contributed by atoms with van der Waals surface area (Å²) in [7, 11) is -9.01. The number of aromatic nitrogens is 2. The van der Waals surface area contributed by atoms with Crippen LogP contribution in [0.3, 0.4) is 0 Å². The van der Waals surface area contributed by atoms with Gasteiger partial charge in [0.25, 0.3) is 37.8 Å². The minimum Gasteiger partial charge on any atom is -0.462 e. The average Bonchev–Trinajstić information content (AvgIpc) is 3.37. The summed E-state index contributed by atoms with van der Waals surface area (Å²) in [6.45, 7) is 0.238. The number of anilines is 1. The van der Waals surface area contributed by atoms with E-state index in [4.69, 9.17) is 16.3 Å². The largest absolute Gasteiger partial charge is 0.462 e. The highest BCUT2D eigenvalue weighted by Gasteiger charge is 2.50. The van der Waals surface area contributed by atoms with Crippen molar-refractivity contribution in [2.75, 3.05) is 18.5 Å². The van der Waals surface area contributed by atoms with Crippen molar-refractivity contribution >= 4 is 78.6 Å². The molecule has 0 bridgehead atoms. The minimum absolute atomic E-state index is 0.0697. The Hall–Kier alpha value is -6.05. The fourth-order valence-corrected chi connectivity index (χ4v) is 8.23. The van der Waals surface area contributed by atoms with E-state index in [0.29, 0.717) is 9.21 Å². The zero-order valence-electron chi connectivity index (χ0n) is 27.3. The lowest BCUT2D eigenvalue weighted by atomic mass is 10.1. The maximum absolute atomic E-state index is 14.4. The summed E-state index contributed by atoms with van der Waals surface area (Å²) in [5, 5.41) is 1.52. The van der Waals surface area contributed by atoms with Gasteiger partial charge in [-0.2, -0.15) is 8.42 Å². The highest BCUT2D eigenvalue weighted by Crippen LogP contribution is 2.34. The summed E-state index contributed by atoms with van der Waals surface area (Å²) < 4.78 is 61.1. The van der Waals surface area contributed by atoms with Crippen LogP contribution in [0.2, 0.25) is 5.02 Å². The van der Waals surface area contributed by atoms with Gasteiger partial charge in [-0.15, -0.1) is 0 Å². The lowest BCUT2D eigenvalue weighted by Gasteiger charge is -2.35. The standard InChI is InChI=1S/C33H26ClN7O10S2/c1-19(42)39-52(47,48)21-12-13-25(24(34)18-21)37-29(43)26(41-31(44)22-10-5-6-11-23(22)32(41)45)28-38-27-30(36-15-14-35-27)53(49,50)40(28)16-7-17-51-33(46)20-8-3-2-4-9-20/h2-6,8-15,18,26H,7,16-17H2,1H3,(H,37,43)(H,39,42). The maximum atomic E-state index is 14.4. The van der Waals surface area contributed by atoms with Gasteiger partial charge in [0.05, 0.1) is 38.9 Å². The second-order valence-corrected chi connectivity index (χ2v) is 15.2. The van der Waals surface area contributed by atoms with Gasteiger partial charge >= 0.3 is 5.97 Å². The molecule has 0 aliphatic carbocycles. The molecule has 0 spiro atoms. The van der Waals surface area contributed by atoms with Gasteiger partial charge in [-0.05, 0) is 42.5 Å². The molecule has 0 fully saturated rings. The van der Waals surface area contributed by atoms with E-state index >= 15 is 0 Å². The molecule has 20 heteroatoms. The van der Waals surface area contributed by atoms with Crippen molar-refractivity contribution in [1.29, 1.82) is 0 Å². The number of imide groups is 1. The first-order valence-electron chi connectivity index (χ1n) is 15.5. The average molecular weight is 780 g/mol. The molecule has 53 heavy (non-hydrogen) atoms. The van der Waals surface area contributed by atoms with Gasteiger partial charge < -0.3 is 10.1 Å². The number of rotatable bonds is 11. The van der Waals surface area contributed by atoms with Crippen LogP contribution >= 0.6 is 11.6 Å². The Kier molecular flexibility index (Phi) is 10.1. The number of carbonyl (C=O) groups is 5. The van der Waals surface area contributed by atoms with Crippen LogP contribution in [0.4, 0.5) is 11.5 Å². The number of benzene rings is 3. The summed E-state index contributed by atoms with van der Waals surface area (Å²) in [5.74, 6) is -5.68. The van der Waals surface area contributed by atoms with Crippen LogP contribution in [0.5, 0.6) is 0 Å². The van der Waals surface area contributed by atoms with Crippen molar-refractivity contribution in [1.82, 2.24) is 23.9 Å². The number of sulfonamides is 2. The third-order valence-corrected chi connectivity index (χ3v) is 11.2. The van der Waals surface area contributed by atoms with E-state index < -0.39 is 83.8 Å². The summed E-state index contributed by atoms with van der Waals surface area (Å²) in [6.07, 6.45) is 2.13. The zero-order valence-corrected chi connectivity index (χ0v) is 29.7. The van der Waals surface area contributed by atoms with Crippen molar-refractivity contribution < 1.29 is 45.5 Å². The van der Waals surface area contributed by atoms with Crippen LogP contribution in [0.25, 0.3) is 0 Å². The highest BCUT2D eigenvalue weighted by molar-refractivity contribution is 7.90. The molecule has 0 saturated carbocycles. The van der Waals surface area contributed by atoms with E-state index in [2.05, 4.69) is 20.3 Å². The van der Waals surface area contributed by atoms with Gasteiger partial charge in [0.2, 0.25) is 10.9 Å². The van der Waals surface area contributed by atoms with Gasteiger partial charge in [-0.3, -0.25) is 24.1 Å². The van der Waals surface area contributed by atoms with Gasteiger partial charge in [0, 0.05) is 32.3 Å². The van der Waals surface area contributed by atoms with Gasteiger partial charge in [0.1, 0.15) is 0 Å². The molecule has 17 nitrogen and oxygen atoms in total. The molecule has 0 radical (unpaired) electrons. The van der Waals surface area contributed by atoms with Crippen LogP contribution in [0.1, 0.15) is 44.4 Å². The van der Waals surface area contributed by atoms with Crippen molar-refractivity contribution in [2.45, 2.75) is 29.3 Å². The van der Waals surface area contributed by atoms with E-state index in [1.165, 1.54) is 36.4 Å². The Balaban J connectivity index is 1.40. The molecule has 0 saturated heterocycles. The third kappa shape index (κ3) is 7.21. The van der Waals surface area contributed by atoms with Gasteiger partial charge in [-0.25, -0.2) is 37.2 Å². The van der Waals surface area contributed by atoms with Crippen molar-refractivity contribution in [2.24, 2.45) is 4.99 Å². The first kappa shape index (κ1) is 36.7. The molecule has 3 aromatic carbocycles. The Morgan fingerprint density at radius 1 is 0.925 bits per heavy atom. The molecule has 2 N–H and O–H groups in total. The smallest absolute Gasteiger partial charge is 0.338 e. The predicted molar refractivity (Wildman–Crippen MR) is 186 cm³/mol. The third-order valence-electron chi connectivity index (χ3n) is 7.77. The molecule has 1 unspecified atom stereocenters. The number of hydrogen-bond acceptors (Lipinski definition) is 13. The van der Waals surface area contributed by atoms with Crippen molar-refractivity contribution in [3.8, 4) is 0 Å². The van der Waals surface area contributed by atoms with Gasteiger partial charge in [0.15, 0.2) is 17.7 Å². The van der Waals surface area contributed by atoms with Crippen LogP contribution in [0.15, 0.2) is 100 Å². The molecular formula is C33H26ClN7O10S2. The Morgan fingerprint density at radius 2 is 1.57 bits per heavy atom. The molecule has 272 valence electrons. The normalized spacial score (nSPS) is 15.2. The maximum Gasteiger partial charge on any atom is 0.338 e. The van der Waals surface area contributed by atoms with Gasteiger partial charge in [-0.1, -0.05) is 41.9 Å². The number of hydrogen-bond donors (Lipinski definition) is 2. The van der Waals surface area contributed by atoms with Crippen LogP contribution in [-0.4, -0.2) is 90.6 Å². The summed E-state index contributed by atoms with van der Waals surface area (Å²) in [6, 6.07) is 14.7. The number of amides is 4. The monoisotopic (exact) mass is 779 g/mol. The molecule has 4 aromatic rings. The topological polar surface area (TPSA) is 232 Å². The molecular weight excluding hydrogens is 754 g/mol. The summed E-state index contributed by atoms with van der Waals surface area (Å²) >= 11 is 6.36. The van der Waals surface area contributed by atoms with E-state index in [0.717, 1.165) is 37.5 Å². The molecule has 4 amide bonds. The highest BCUT2D eigenvalue weighted by atomic mass is 35.5. The quantitative estimate of drug-likeness (QED) is 0.127. The first-order valence-corrected chi connectivity index (χ1v) is 18.8. The summed E-state index contributed by atoms with van der Waals surface area (Å²) in [4.78, 5) is 78.3. The van der Waals surface area contributed by atoms with E-state index in [1.807, 2.05) is 0 Å². The van der Waals surface area contributed by atoms with E-state index in [-0.39, 0.29) is 40.4 Å². The van der Waals surface area contributed by atoms with Crippen LogP contribution in [-0.2, 0) is 34.4 Å². The fraction of sp³-hybridized carbons (Fsp3) is 0.152. The Bertz CT molecular complexity index is 2410. The number of nitrogens with one attached hydrogen (secondary N) is 2. The zero-order chi connectivity index (χ0) is 38.1. The molecule has 2 aliphatic heterocycles.